The number of hydrogen-bond acceptors (Lipinski definition) is 2. The van der Waals surface area contributed by atoms with E-state index in [0.717, 1.165) is 11.3 Å². The Labute approximate surface area is 127 Å². The van der Waals surface area contributed by atoms with E-state index in [0.29, 0.717) is 21.3 Å². The minimum atomic E-state index is -0.198. The van der Waals surface area contributed by atoms with Gasteiger partial charge in [0.05, 0.1) is 15.6 Å². The Bertz CT molecular complexity index is 656. The largest absolute Gasteiger partial charge is 0.387 e. The maximum Gasteiger partial charge on any atom is 0.257 e. The van der Waals surface area contributed by atoms with Crippen molar-refractivity contribution >= 4 is 40.5 Å². The van der Waals surface area contributed by atoms with Crippen LogP contribution in [0.5, 0.6) is 0 Å². The second-order valence-electron chi connectivity index (χ2n) is 4.38. The van der Waals surface area contributed by atoms with Gasteiger partial charge in [-0.15, -0.1) is 0 Å². The number of amides is 1. The number of halogens is 2. The summed E-state index contributed by atoms with van der Waals surface area (Å²) in [6.45, 7) is 1.94. The van der Waals surface area contributed by atoms with Gasteiger partial charge in [0.25, 0.3) is 5.91 Å². The predicted molar refractivity (Wildman–Crippen MR) is 85.1 cm³/mol. The second-order valence-corrected chi connectivity index (χ2v) is 5.20. The third-order valence-electron chi connectivity index (χ3n) is 2.87. The normalized spacial score (nSPS) is 10.2. The molecule has 0 heterocycles. The lowest BCUT2D eigenvalue weighted by atomic mass is 10.1. The molecule has 20 heavy (non-hydrogen) atoms. The number of nitrogens with one attached hydrogen (secondary N) is 2. The van der Waals surface area contributed by atoms with E-state index in [1.165, 1.54) is 0 Å². The van der Waals surface area contributed by atoms with Crippen molar-refractivity contribution < 1.29 is 4.79 Å². The molecular formula is C15H14Cl2N2O. The van der Waals surface area contributed by atoms with Gasteiger partial charge in [0.1, 0.15) is 0 Å². The van der Waals surface area contributed by atoms with E-state index in [9.17, 15) is 4.79 Å². The number of rotatable bonds is 3. The van der Waals surface area contributed by atoms with E-state index in [4.69, 9.17) is 23.2 Å². The molecule has 0 atom stereocenters. The summed E-state index contributed by atoms with van der Waals surface area (Å²) in [6.07, 6.45) is 0. The summed E-state index contributed by atoms with van der Waals surface area (Å²) < 4.78 is 0. The summed E-state index contributed by atoms with van der Waals surface area (Å²) in [6, 6.07) is 10.6. The third kappa shape index (κ3) is 3.24. The molecule has 5 heteroatoms. The first-order chi connectivity index (χ1) is 9.51. The van der Waals surface area contributed by atoms with E-state index in [2.05, 4.69) is 10.6 Å². The molecule has 0 saturated carbocycles. The highest BCUT2D eigenvalue weighted by Crippen LogP contribution is 2.26. The third-order valence-corrected chi connectivity index (χ3v) is 3.61. The zero-order valence-electron chi connectivity index (χ0n) is 11.1. The Morgan fingerprint density at radius 3 is 2.45 bits per heavy atom. The Morgan fingerprint density at radius 2 is 1.80 bits per heavy atom. The van der Waals surface area contributed by atoms with Crippen LogP contribution in [0.2, 0.25) is 10.0 Å². The van der Waals surface area contributed by atoms with E-state index < -0.39 is 0 Å². The van der Waals surface area contributed by atoms with Crippen LogP contribution in [0.25, 0.3) is 0 Å². The van der Waals surface area contributed by atoms with E-state index in [-0.39, 0.29) is 5.91 Å². The molecule has 1 amide bonds. The Morgan fingerprint density at radius 1 is 1.05 bits per heavy atom. The fourth-order valence-corrected chi connectivity index (χ4v) is 2.13. The zero-order chi connectivity index (χ0) is 14.7. The molecule has 0 aliphatic heterocycles. The molecule has 0 aliphatic carbocycles. The van der Waals surface area contributed by atoms with Gasteiger partial charge < -0.3 is 10.6 Å². The standard InChI is InChI=1S/C15H14Cl2N2O/c1-9-3-6-14(18-2)11(7-9)15(20)19-10-4-5-12(16)13(17)8-10/h3-8,18H,1-2H3,(H,19,20). The lowest BCUT2D eigenvalue weighted by Gasteiger charge is -2.11. The first-order valence-electron chi connectivity index (χ1n) is 6.06. The summed E-state index contributed by atoms with van der Waals surface area (Å²) in [4.78, 5) is 12.3. The molecule has 2 N–H and O–H groups in total. The van der Waals surface area contributed by atoms with E-state index in [1.807, 2.05) is 25.1 Å². The molecule has 0 saturated heterocycles. The Hall–Kier alpha value is -1.71. The van der Waals surface area contributed by atoms with Crippen LogP contribution in [0, 0.1) is 6.92 Å². The van der Waals surface area contributed by atoms with Crippen LogP contribution in [-0.4, -0.2) is 13.0 Å². The molecule has 104 valence electrons. The quantitative estimate of drug-likeness (QED) is 0.870. The van der Waals surface area contributed by atoms with Crippen LogP contribution in [0.1, 0.15) is 15.9 Å². The van der Waals surface area contributed by atoms with Gasteiger partial charge in [0.2, 0.25) is 0 Å². The lowest BCUT2D eigenvalue weighted by molar-refractivity contribution is 0.102. The lowest BCUT2D eigenvalue weighted by Crippen LogP contribution is -2.14. The molecular weight excluding hydrogens is 295 g/mol. The van der Waals surface area contributed by atoms with Gasteiger partial charge in [-0.1, -0.05) is 34.8 Å². The molecule has 0 spiro atoms. The van der Waals surface area contributed by atoms with Gasteiger partial charge in [0.15, 0.2) is 0 Å². The average molecular weight is 309 g/mol. The Kier molecular flexibility index (Phi) is 4.53. The maximum atomic E-state index is 12.3. The van der Waals surface area contributed by atoms with Gasteiger partial charge in [-0.05, 0) is 37.3 Å². The monoisotopic (exact) mass is 308 g/mol. The average Bonchev–Trinajstić information content (AvgIpc) is 2.43. The van der Waals surface area contributed by atoms with Crippen LogP contribution in [-0.2, 0) is 0 Å². The smallest absolute Gasteiger partial charge is 0.257 e. The summed E-state index contributed by atoms with van der Waals surface area (Å²) >= 11 is 11.8. The van der Waals surface area contributed by atoms with Crippen molar-refractivity contribution in [3.63, 3.8) is 0 Å². The summed E-state index contributed by atoms with van der Waals surface area (Å²) in [7, 11) is 1.78. The van der Waals surface area contributed by atoms with Crippen LogP contribution in [0.4, 0.5) is 11.4 Å². The number of carbonyl (C=O) groups excluding carboxylic acids is 1. The fraction of sp³-hybridized carbons (Fsp3) is 0.133. The molecule has 2 rings (SSSR count). The predicted octanol–water partition coefficient (Wildman–Crippen LogP) is 4.60. The van der Waals surface area contributed by atoms with Crippen molar-refractivity contribution in [1.29, 1.82) is 0 Å². The minimum Gasteiger partial charge on any atom is -0.387 e. The number of benzene rings is 2. The molecule has 3 nitrogen and oxygen atoms in total. The minimum absolute atomic E-state index is 0.198. The van der Waals surface area contributed by atoms with Crippen molar-refractivity contribution in [3.05, 3.63) is 57.6 Å². The summed E-state index contributed by atoms with van der Waals surface area (Å²) in [5.74, 6) is -0.198. The molecule has 0 fully saturated rings. The van der Waals surface area contributed by atoms with Crippen molar-refractivity contribution in [2.24, 2.45) is 0 Å². The summed E-state index contributed by atoms with van der Waals surface area (Å²) in [5, 5.41) is 6.67. The fourth-order valence-electron chi connectivity index (χ4n) is 1.84. The first-order valence-corrected chi connectivity index (χ1v) is 6.81. The molecule has 2 aromatic rings. The zero-order valence-corrected chi connectivity index (χ0v) is 12.6. The van der Waals surface area contributed by atoms with Gasteiger partial charge in [-0.2, -0.15) is 0 Å². The van der Waals surface area contributed by atoms with Crippen LogP contribution in [0.15, 0.2) is 36.4 Å². The van der Waals surface area contributed by atoms with Crippen molar-refractivity contribution in [1.82, 2.24) is 0 Å². The number of anilines is 2. The number of aryl methyl sites for hydroxylation is 1. The second kappa shape index (κ2) is 6.16. The van der Waals surface area contributed by atoms with Gasteiger partial charge >= 0.3 is 0 Å². The van der Waals surface area contributed by atoms with Crippen LogP contribution >= 0.6 is 23.2 Å². The molecule has 0 radical (unpaired) electrons. The molecule has 0 aromatic heterocycles. The SMILES string of the molecule is CNc1ccc(C)cc1C(=O)Nc1ccc(Cl)c(Cl)c1. The maximum absolute atomic E-state index is 12.3. The molecule has 2 aromatic carbocycles. The van der Waals surface area contributed by atoms with Crippen molar-refractivity contribution in [2.75, 3.05) is 17.7 Å². The van der Waals surface area contributed by atoms with Gasteiger partial charge in [-0.3, -0.25) is 4.79 Å². The highest BCUT2D eigenvalue weighted by molar-refractivity contribution is 6.42. The Balaban J connectivity index is 2.27. The van der Waals surface area contributed by atoms with Crippen LogP contribution < -0.4 is 10.6 Å². The molecule has 0 aliphatic rings. The number of hydrogen-bond donors (Lipinski definition) is 2. The first kappa shape index (κ1) is 14.7. The van der Waals surface area contributed by atoms with E-state index in [1.54, 1.807) is 25.2 Å². The van der Waals surface area contributed by atoms with E-state index >= 15 is 0 Å². The topological polar surface area (TPSA) is 41.1 Å². The van der Waals surface area contributed by atoms with Crippen LogP contribution in [0.3, 0.4) is 0 Å². The molecule has 0 unspecified atom stereocenters. The van der Waals surface area contributed by atoms with Gasteiger partial charge in [0, 0.05) is 18.4 Å². The molecule has 0 bridgehead atoms. The van der Waals surface area contributed by atoms with Gasteiger partial charge in [-0.25, -0.2) is 0 Å². The summed E-state index contributed by atoms with van der Waals surface area (Å²) in [5.41, 5.74) is 2.97. The van der Waals surface area contributed by atoms with Crippen molar-refractivity contribution in [3.8, 4) is 0 Å². The highest BCUT2D eigenvalue weighted by Gasteiger charge is 2.12. The highest BCUT2D eigenvalue weighted by atomic mass is 35.5. The number of carbonyl (C=O) groups is 1. The van der Waals surface area contributed by atoms with Crippen molar-refractivity contribution in [2.45, 2.75) is 6.92 Å².